The summed E-state index contributed by atoms with van der Waals surface area (Å²) in [7, 11) is 1.49. The highest BCUT2D eigenvalue weighted by molar-refractivity contribution is 5.81. The first-order chi connectivity index (χ1) is 8.58. The minimum absolute atomic E-state index is 0.0913. The van der Waals surface area contributed by atoms with Gasteiger partial charge in [0, 0.05) is 24.7 Å². The Kier molecular flexibility index (Phi) is 5.58. The lowest BCUT2D eigenvalue weighted by molar-refractivity contribution is -0.122. The molecule has 0 bridgehead atoms. The van der Waals surface area contributed by atoms with E-state index in [0.717, 1.165) is 0 Å². The fourth-order valence-corrected chi connectivity index (χ4v) is 1.48. The lowest BCUT2D eigenvalue weighted by Gasteiger charge is -2.13. The second kappa shape index (κ2) is 6.96. The van der Waals surface area contributed by atoms with E-state index in [1.54, 1.807) is 19.1 Å². The van der Waals surface area contributed by atoms with Crippen LogP contribution in [-0.4, -0.2) is 25.6 Å². The Bertz CT molecular complexity index is 410. The van der Waals surface area contributed by atoms with Crippen LogP contribution < -0.4 is 15.4 Å². The Balaban J connectivity index is 2.55. The molecule has 0 saturated carbocycles. The van der Waals surface area contributed by atoms with Gasteiger partial charge in [0.2, 0.25) is 5.91 Å². The quantitative estimate of drug-likeness (QED) is 0.808. The van der Waals surface area contributed by atoms with E-state index in [4.69, 9.17) is 4.74 Å². The monoisotopic (exact) mass is 254 g/mol. The van der Waals surface area contributed by atoms with Crippen molar-refractivity contribution in [1.29, 1.82) is 0 Å². The summed E-state index contributed by atoms with van der Waals surface area (Å²) < 4.78 is 18.5. The summed E-state index contributed by atoms with van der Waals surface area (Å²) in [5.41, 5.74) is 0.506. The largest absolute Gasteiger partial charge is 0.497 e. The zero-order chi connectivity index (χ0) is 13.5. The Morgan fingerprint density at radius 2 is 2.22 bits per heavy atom. The van der Waals surface area contributed by atoms with Crippen molar-refractivity contribution in [3.05, 3.63) is 29.6 Å². The van der Waals surface area contributed by atoms with Gasteiger partial charge in [-0.1, -0.05) is 6.07 Å². The average Bonchev–Trinajstić information content (AvgIpc) is 2.37. The van der Waals surface area contributed by atoms with Crippen LogP contribution in [0, 0.1) is 5.82 Å². The third kappa shape index (κ3) is 4.00. The van der Waals surface area contributed by atoms with E-state index < -0.39 is 0 Å². The van der Waals surface area contributed by atoms with Crippen molar-refractivity contribution in [2.75, 3.05) is 13.7 Å². The summed E-state index contributed by atoms with van der Waals surface area (Å²) in [5.74, 6) is 0.0457. The van der Waals surface area contributed by atoms with Crippen molar-refractivity contribution in [2.24, 2.45) is 0 Å². The molecule has 1 aromatic carbocycles. The van der Waals surface area contributed by atoms with E-state index in [0.29, 0.717) is 24.4 Å². The smallest absolute Gasteiger partial charge is 0.236 e. The predicted molar refractivity (Wildman–Crippen MR) is 67.9 cm³/mol. The van der Waals surface area contributed by atoms with Gasteiger partial charge in [-0.25, -0.2) is 4.39 Å². The third-order valence-electron chi connectivity index (χ3n) is 2.60. The van der Waals surface area contributed by atoms with Crippen molar-refractivity contribution >= 4 is 5.91 Å². The molecule has 0 aliphatic carbocycles. The predicted octanol–water partition coefficient (Wildman–Crippen LogP) is 1.45. The van der Waals surface area contributed by atoms with Gasteiger partial charge in [0.25, 0.3) is 0 Å². The highest BCUT2D eigenvalue weighted by Crippen LogP contribution is 2.16. The van der Waals surface area contributed by atoms with Crippen LogP contribution in [0.1, 0.15) is 19.4 Å². The van der Waals surface area contributed by atoms with E-state index in [2.05, 4.69) is 10.6 Å². The molecule has 4 nitrogen and oxygen atoms in total. The van der Waals surface area contributed by atoms with Crippen LogP contribution in [0.5, 0.6) is 5.75 Å². The summed E-state index contributed by atoms with van der Waals surface area (Å²) in [6.45, 7) is 4.48. The first-order valence-electron chi connectivity index (χ1n) is 5.92. The molecule has 18 heavy (non-hydrogen) atoms. The molecule has 0 saturated heterocycles. The van der Waals surface area contributed by atoms with Gasteiger partial charge in [-0.3, -0.25) is 4.79 Å². The van der Waals surface area contributed by atoms with Crippen LogP contribution in [-0.2, 0) is 11.3 Å². The van der Waals surface area contributed by atoms with Gasteiger partial charge >= 0.3 is 0 Å². The lowest BCUT2D eigenvalue weighted by atomic mass is 10.2. The number of methoxy groups -OCH3 is 1. The Morgan fingerprint density at radius 3 is 2.78 bits per heavy atom. The molecule has 100 valence electrons. The van der Waals surface area contributed by atoms with Crippen molar-refractivity contribution in [3.8, 4) is 5.75 Å². The standard InChI is InChI=1S/C13H19FN2O2/c1-4-15-13(17)9(2)16-8-10-5-6-11(18-3)7-12(10)14/h5-7,9,16H,4,8H2,1-3H3,(H,15,17). The summed E-state index contributed by atoms with van der Waals surface area (Å²) in [5, 5.41) is 5.67. The number of ether oxygens (including phenoxy) is 1. The Labute approximate surface area is 107 Å². The molecule has 0 heterocycles. The van der Waals surface area contributed by atoms with E-state index in [1.807, 2.05) is 6.92 Å². The molecule has 0 spiro atoms. The van der Waals surface area contributed by atoms with Crippen molar-refractivity contribution in [3.63, 3.8) is 0 Å². The van der Waals surface area contributed by atoms with E-state index in [9.17, 15) is 9.18 Å². The summed E-state index contributed by atoms with van der Waals surface area (Å²) in [4.78, 5) is 11.5. The molecule has 1 amide bonds. The van der Waals surface area contributed by atoms with Crippen molar-refractivity contribution in [1.82, 2.24) is 10.6 Å². The fourth-order valence-electron chi connectivity index (χ4n) is 1.48. The Morgan fingerprint density at radius 1 is 1.50 bits per heavy atom. The lowest BCUT2D eigenvalue weighted by Crippen LogP contribution is -2.41. The molecule has 1 rings (SSSR count). The van der Waals surface area contributed by atoms with Crippen LogP contribution >= 0.6 is 0 Å². The molecule has 1 aromatic rings. The van der Waals surface area contributed by atoms with E-state index in [1.165, 1.54) is 13.2 Å². The summed E-state index contributed by atoms with van der Waals surface area (Å²) >= 11 is 0. The molecule has 0 aliphatic heterocycles. The van der Waals surface area contributed by atoms with E-state index >= 15 is 0 Å². The van der Waals surface area contributed by atoms with Gasteiger partial charge in [0.15, 0.2) is 0 Å². The van der Waals surface area contributed by atoms with Crippen LogP contribution in [0.4, 0.5) is 4.39 Å². The van der Waals surface area contributed by atoms with Gasteiger partial charge in [0.1, 0.15) is 11.6 Å². The summed E-state index contributed by atoms with van der Waals surface area (Å²) in [6, 6.07) is 4.31. The molecule has 0 fully saturated rings. The molecule has 2 N–H and O–H groups in total. The number of carbonyl (C=O) groups excluding carboxylic acids is 1. The molecule has 1 atom stereocenters. The molecule has 1 unspecified atom stereocenters. The zero-order valence-electron chi connectivity index (χ0n) is 10.9. The average molecular weight is 254 g/mol. The molecular weight excluding hydrogens is 235 g/mol. The number of nitrogens with one attached hydrogen (secondary N) is 2. The van der Waals surface area contributed by atoms with Crippen molar-refractivity contribution < 1.29 is 13.9 Å². The number of amides is 1. The summed E-state index contributed by atoms with van der Waals surface area (Å²) in [6.07, 6.45) is 0. The number of rotatable bonds is 6. The van der Waals surface area contributed by atoms with Crippen LogP contribution in [0.3, 0.4) is 0 Å². The van der Waals surface area contributed by atoms with Gasteiger partial charge in [0.05, 0.1) is 13.2 Å². The molecule has 5 heteroatoms. The molecule has 0 radical (unpaired) electrons. The number of hydrogen-bond donors (Lipinski definition) is 2. The minimum atomic E-state index is -0.355. The number of carbonyl (C=O) groups is 1. The maximum atomic E-state index is 13.6. The van der Waals surface area contributed by atoms with Gasteiger partial charge < -0.3 is 15.4 Å². The fraction of sp³-hybridized carbons (Fsp3) is 0.462. The Hall–Kier alpha value is -1.62. The first-order valence-corrected chi connectivity index (χ1v) is 5.92. The highest BCUT2D eigenvalue weighted by atomic mass is 19.1. The first kappa shape index (κ1) is 14.4. The van der Waals surface area contributed by atoms with Crippen LogP contribution in [0.15, 0.2) is 18.2 Å². The molecular formula is C13H19FN2O2. The molecule has 0 aromatic heterocycles. The topological polar surface area (TPSA) is 50.4 Å². The van der Waals surface area contributed by atoms with Crippen LogP contribution in [0.25, 0.3) is 0 Å². The maximum Gasteiger partial charge on any atom is 0.236 e. The van der Waals surface area contributed by atoms with E-state index in [-0.39, 0.29) is 17.8 Å². The maximum absolute atomic E-state index is 13.6. The second-order valence-electron chi connectivity index (χ2n) is 3.95. The normalized spacial score (nSPS) is 12.0. The van der Waals surface area contributed by atoms with Crippen molar-refractivity contribution in [2.45, 2.75) is 26.4 Å². The number of benzene rings is 1. The van der Waals surface area contributed by atoms with Gasteiger partial charge in [-0.2, -0.15) is 0 Å². The van der Waals surface area contributed by atoms with Gasteiger partial charge in [-0.15, -0.1) is 0 Å². The minimum Gasteiger partial charge on any atom is -0.497 e. The second-order valence-corrected chi connectivity index (χ2v) is 3.95. The number of halogens is 1. The number of likely N-dealkylation sites (N-methyl/N-ethyl adjacent to an activating group) is 1. The molecule has 0 aliphatic rings. The van der Waals surface area contributed by atoms with Crippen LogP contribution in [0.2, 0.25) is 0 Å². The number of hydrogen-bond acceptors (Lipinski definition) is 3. The third-order valence-corrected chi connectivity index (χ3v) is 2.60. The van der Waals surface area contributed by atoms with Gasteiger partial charge in [-0.05, 0) is 19.9 Å². The zero-order valence-corrected chi connectivity index (χ0v) is 10.9. The SMILES string of the molecule is CCNC(=O)C(C)NCc1ccc(OC)cc1F. The highest BCUT2D eigenvalue weighted by Gasteiger charge is 2.12.